The van der Waals surface area contributed by atoms with Crippen molar-refractivity contribution in [3.05, 3.63) is 29.1 Å². The molecule has 1 N–H and O–H groups in total. The first-order chi connectivity index (χ1) is 12.9. The molecule has 0 aromatic heterocycles. The Morgan fingerprint density at radius 2 is 1.96 bits per heavy atom. The maximum Gasteiger partial charge on any atom is 0.526 e. The van der Waals surface area contributed by atoms with Gasteiger partial charge < -0.3 is 28.6 Å². The summed E-state index contributed by atoms with van der Waals surface area (Å²) in [5.74, 6) is -2.62. The van der Waals surface area contributed by atoms with Crippen LogP contribution in [-0.4, -0.2) is 50.2 Å². The summed E-state index contributed by atoms with van der Waals surface area (Å²) in [4.78, 5) is 34.0. The topological polar surface area (TPSA) is 118 Å². The largest absolute Gasteiger partial charge is 0.535 e. The Morgan fingerprint density at radius 1 is 1.22 bits per heavy atom. The molecule has 0 saturated heterocycles. The molecule has 2 atom stereocenters. The molecule has 0 amide bonds. The van der Waals surface area contributed by atoms with E-state index in [-0.39, 0.29) is 30.7 Å². The van der Waals surface area contributed by atoms with Crippen molar-refractivity contribution < 1.29 is 47.4 Å². The second-order valence-corrected chi connectivity index (χ2v) is 5.99. The van der Waals surface area contributed by atoms with Gasteiger partial charge in [-0.2, -0.15) is 0 Å². The van der Waals surface area contributed by atoms with Gasteiger partial charge in [0.05, 0.1) is 0 Å². The minimum atomic E-state index is -1.15. The van der Waals surface area contributed by atoms with Gasteiger partial charge in [0.15, 0.2) is 0 Å². The van der Waals surface area contributed by atoms with E-state index in [0.717, 1.165) is 6.07 Å². The van der Waals surface area contributed by atoms with Crippen molar-refractivity contribution >= 4 is 25.2 Å². The van der Waals surface area contributed by atoms with Gasteiger partial charge in [-0.3, -0.25) is 4.79 Å². The summed E-state index contributed by atoms with van der Waals surface area (Å²) in [6, 6.07) is 2.63. The molecule has 1 aromatic carbocycles. The highest BCUT2D eigenvalue weighted by Gasteiger charge is 2.54. The molecule has 0 bridgehead atoms. The van der Waals surface area contributed by atoms with Crippen molar-refractivity contribution in [3.8, 4) is 5.75 Å². The van der Waals surface area contributed by atoms with Crippen LogP contribution in [0.3, 0.4) is 0 Å². The molecule has 2 unspecified atom stereocenters. The van der Waals surface area contributed by atoms with E-state index in [4.69, 9.17) is 9.39 Å². The molecule has 1 aliphatic heterocycles. The van der Waals surface area contributed by atoms with Gasteiger partial charge in [0.2, 0.25) is 6.79 Å². The highest BCUT2D eigenvalue weighted by molar-refractivity contribution is 6.48. The van der Waals surface area contributed by atoms with Crippen molar-refractivity contribution in [1.29, 1.82) is 0 Å². The number of carbonyl (C=O) groups is 3. The van der Waals surface area contributed by atoms with E-state index < -0.39 is 43.4 Å². The summed E-state index contributed by atoms with van der Waals surface area (Å²) in [5, 5.41) is 9.84. The number of halogens is 1. The van der Waals surface area contributed by atoms with Crippen LogP contribution in [0.2, 0.25) is 5.82 Å². The van der Waals surface area contributed by atoms with Crippen LogP contribution >= 0.6 is 0 Å². The van der Waals surface area contributed by atoms with Crippen LogP contribution in [0.15, 0.2) is 12.1 Å². The van der Waals surface area contributed by atoms with Crippen LogP contribution in [0.1, 0.15) is 35.2 Å². The molecule has 1 heterocycles. The van der Waals surface area contributed by atoms with E-state index in [1.165, 1.54) is 13.0 Å². The molecule has 9 nitrogen and oxygen atoms in total. The number of hydrogen-bond acceptors (Lipinski definition) is 9. The smallest absolute Gasteiger partial charge is 0.526 e. The lowest BCUT2D eigenvalue weighted by Crippen LogP contribution is -2.28. The van der Waals surface area contributed by atoms with Crippen LogP contribution in [0.25, 0.3) is 0 Å². The predicted octanol–water partition coefficient (Wildman–Crippen LogP) is 1.39. The normalized spacial score (nSPS) is 19.1. The number of hydrogen-bond donors (Lipinski definition) is 1. The van der Waals surface area contributed by atoms with Crippen LogP contribution in [-0.2, 0) is 23.7 Å². The number of ether oxygens (including phenoxy) is 4. The minimum absolute atomic E-state index is 0.0133. The van der Waals surface area contributed by atoms with E-state index in [0.29, 0.717) is 12.0 Å². The SMILES string of the molecule is CC(=O)OCCOC(=O)OCOC(=O)c1c(F)ccc2c1OB(O)C1CC21. The first kappa shape index (κ1) is 19.0. The zero-order chi connectivity index (χ0) is 19.6. The van der Waals surface area contributed by atoms with Gasteiger partial charge in [0, 0.05) is 12.7 Å². The first-order valence-corrected chi connectivity index (χ1v) is 8.15. The van der Waals surface area contributed by atoms with Crippen molar-refractivity contribution in [2.45, 2.75) is 25.1 Å². The average molecular weight is 382 g/mol. The van der Waals surface area contributed by atoms with Gasteiger partial charge in [-0.15, -0.1) is 0 Å². The Morgan fingerprint density at radius 3 is 2.70 bits per heavy atom. The van der Waals surface area contributed by atoms with Crippen molar-refractivity contribution in [1.82, 2.24) is 0 Å². The molecule has 1 aromatic rings. The predicted molar refractivity (Wildman–Crippen MR) is 85.5 cm³/mol. The second-order valence-electron chi connectivity index (χ2n) is 5.99. The number of rotatable bonds is 6. The van der Waals surface area contributed by atoms with Crippen LogP contribution < -0.4 is 4.65 Å². The lowest BCUT2D eigenvalue weighted by molar-refractivity contribution is -0.142. The molecule has 144 valence electrons. The molecule has 0 spiro atoms. The maximum atomic E-state index is 14.1. The van der Waals surface area contributed by atoms with E-state index in [9.17, 15) is 23.8 Å². The quantitative estimate of drug-likeness (QED) is 0.256. The summed E-state index contributed by atoms with van der Waals surface area (Å²) < 4.78 is 37.7. The Kier molecular flexibility index (Phi) is 5.50. The summed E-state index contributed by atoms with van der Waals surface area (Å²) in [6.07, 6.45) is -0.464. The number of fused-ring (bicyclic) bond motifs is 3. The van der Waals surface area contributed by atoms with E-state index in [2.05, 4.69) is 14.2 Å². The third-order valence-corrected chi connectivity index (χ3v) is 4.16. The van der Waals surface area contributed by atoms with Gasteiger partial charge in [-0.1, -0.05) is 6.07 Å². The van der Waals surface area contributed by atoms with Gasteiger partial charge in [0.25, 0.3) is 0 Å². The van der Waals surface area contributed by atoms with Gasteiger partial charge >= 0.3 is 25.2 Å². The van der Waals surface area contributed by atoms with Gasteiger partial charge in [-0.25, -0.2) is 14.0 Å². The van der Waals surface area contributed by atoms with E-state index in [1.54, 1.807) is 0 Å². The third-order valence-electron chi connectivity index (χ3n) is 4.16. The van der Waals surface area contributed by atoms with Crippen molar-refractivity contribution in [3.63, 3.8) is 0 Å². The molecule has 2 aliphatic rings. The van der Waals surface area contributed by atoms with E-state index in [1.807, 2.05) is 0 Å². The molecule has 1 fully saturated rings. The zero-order valence-electron chi connectivity index (χ0n) is 14.3. The fraction of sp³-hybridized carbons (Fsp3) is 0.438. The summed E-state index contributed by atoms with van der Waals surface area (Å²) in [7, 11) is -1.11. The van der Waals surface area contributed by atoms with Crippen molar-refractivity contribution in [2.75, 3.05) is 20.0 Å². The standard InChI is InChI=1S/C16H16BFO9/c1-8(19)23-4-5-24-16(21)26-7-25-15(20)13-12(18)3-2-9-10-6-11(10)17(22)27-14(9)13/h2-3,10-11,22H,4-7H2,1H3. The van der Waals surface area contributed by atoms with Gasteiger partial charge in [-0.05, 0) is 24.0 Å². The van der Waals surface area contributed by atoms with Crippen molar-refractivity contribution in [2.24, 2.45) is 0 Å². The Labute approximate surface area is 153 Å². The van der Waals surface area contributed by atoms with Crippen LogP contribution in [0.5, 0.6) is 5.75 Å². The molecule has 11 heteroatoms. The molecule has 3 rings (SSSR count). The highest BCUT2D eigenvalue weighted by Crippen LogP contribution is 2.60. The summed E-state index contributed by atoms with van der Waals surface area (Å²) in [5.41, 5.74) is 0.160. The molecular formula is C16H16BFO9. The lowest BCUT2D eigenvalue weighted by atomic mass is 9.77. The molecule has 0 radical (unpaired) electrons. The molecule has 27 heavy (non-hydrogen) atoms. The van der Waals surface area contributed by atoms with Crippen LogP contribution in [0, 0.1) is 5.82 Å². The number of esters is 2. The second kappa shape index (κ2) is 7.83. The minimum Gasteiger partial charge on any atom is -0.535 e. The Hall–Kier alpha value is -2.82. The lowest BCUT2D eigenvalue weighted by Gasteiger charge is -2.21. The summed E-state index contributed by atoms with van der Waals surface area (Å²) in [6.45, 7) is 0.00309. The number of benzene rings is 1. The fourth-order valence-electron chi connectivity index (χ4n) is 2.83. The zero-order valence-corrected chi connectivity index (χ0v) is 14.3. The Balaban J connectivity index is 1.52. The monoisotopic (exact) mass is 382 g/mol. The molecule has 1 aliphatic carbocycles. The Bertz CT molecular complexity index is 769. The average Bonchev–Trinajstić information content (AvgIpc) is 3.40. The summed E-state index contributed by atoms with van der Waals surface area (Å²) >= 11 is 0. The third kappa shape index (κ3) is 4.30. The van der Waals surface area contributed by atoms with Gasteiger partial charge in [0.1, 0.15) is 30.3 Å². The number of carbonyl (C=O) groups excluding carboxylic acids is 3. The first-order valence-electron chi connectivity index (χ1n) is 8.15. The fourth-order valence-corrected chi connectivity index (χ4v) is 2.83. The highest BCUT2D eigenvalue weighted by atomic mass is 19.1. The maximum absolute atomic E-state index is 14.1. The molecular weight excluding hydrogens is 366 g/mol. The molecule has 1 saturated carbocycles. The van der Waals surface area contributed by atoms with Crippen LogP contribution in [0.4, 0.5) is 9.18 Å². The van der Waals surface area contributed by atoms with E-state index >= 15 is 0 Å².